The van der Waals surface area contributed by atoms with Crippen molar-refractivity contribution in [2.24, 2.45) is 4.99 Å². The van der Waals surface area contributed by atoms with Gasteiger partial charge in [0.05, 0.1) is 7.11 Å². The van der Waals surface area contributed by atoms with E-state index in [-0.39, 0.29) is 29.9 Å². The lowest BCUT2D eigenvalue weighted by Crippen LogP contribution is -2.41. The molecule has 8 heteroatoms. The Kier molecular flexibility index (Phi) is 11.5. The SMILES string of the molecule is CN=C(NCCNC(=O)c1ccc(OC)cc1)NCc1ccc(C)cc1SC.I. The number of halogens is 1. The largest absolute Gasteiger partial charge is 0.497 e. The van der Waals surface area contributed by atoms with Gasteiger partial charge in [-0.15, -0.1) is 35.7 Å². The molecular formula is C21H29IN4O2S. The number of amides is 1. The van der Waals surface area contributed by atoms with Crippen LogP contribution in [0.5, 0.6) is 5.75 Å². The molecule has 29 heavy (non-hydrogen) atoms. The molecule has 0 spiro atoms. The smallest absolute Gasteiger partial charge is 0.251 e. The lowest BCUT2D eigenvalue weighted by Gasteiger charge is -2.14. The van der Waals surface area contributed by atoms with Gasteiger partial charge in [-0.25, -0.2) is 0 Å². The molecule has 6 nitrogen and oxygen atoms in total. The van der Waals surface area contributed by atoms with Crippen LogP contribution in [-0.2, 0) is 6.54 Å². The second-order valence-electron chi connectivity index (χ2n) is 6.15. The minimum absolute atomic E-state index is 0. The molecule has 0 saturated carbocycles. The molecule has 0 radical (unpaired) electrons. The second-order valence-corrected chi connectivity index (χ2v) is 7.00. The Morgan fingerprint density at radius 2 is 1.76 bits per heavy atom. The molecule has 2 aromatic carbocycles. The first kappa shape index (κ1) is 25.1. The fourth-order valence-electron chi connectivity index (χ4n) is 2.60. The van der Waals surface area contributed by atoms with Gasteiger partial charge in [0.25, 0.3) is 5.91 Å². The first-order valence-electron chi connectivity index (χ1n) is 9.07. The molecule has 1 amide bonds. The zero-order valence-electron chi connectivity index (χ0n) is 17.2. The zero-order chi connectivity index (χ0) is 20.4. The van der Waals surface area contributed by atoms with Gasteiger partial charge in [-0.05, 0) is 54.6 Å². The highest BCUT2D eigenvalue weighted by Gasteiger charge is 2.06. The first-order valence-corrected chi connectivity index (χ1v) is 10.3. The number of guanidine groups is 1. The number of nitrogens with zero attached hydrogens (tertiary/aromatic N) is 1. The van der Waals surface area contributed by atoms with Crippen LogP contribution in [0.1, 0.15) is 21.5 Å². The molecule has 0 aliphatic carbocycles. The first-order chi connectivity index (χ1) is 13.6. The van der Waals surface area contributed by atoms with Crippen LogP contribution in [0.25, 0.3) is 0 Å². The van der Waals surface area contributed by atoms with Crippen LogP contribution in [0, 0.1) is 6.92 Å². The van der Waals surface area contributed by atoms with Crippen LogP contribution < -0.4 is 20.7 Å². The summed E-state index contributed by atoms with van der Waals surface area (Å²) in [5.74, 6) is 1.31. The summed E-state index contributed by atoms with van der Waals surface area (Å²) in [5, 5.41) is 9.41. The Bertz CT molecular complexity index is 813. The Morgan fingerprint density at radius 1 is 1.07 bits per heavy atom. The number of methoxy groups -OCH3 is 1. The van der Waals surface area contributed by atoms with Gasteiger partial charge >= 0.3 is 0 Å². The van der Waals surface area contributed by atoms with Crippen molar-refractivity contribution in [2.75, 3.05) is 33.5 Å². The fraction of sp³-hybridized carbons (Fsp3) is 0.333. The van der Waals surface area contributed by atoms with E-state index in [0.717, 1.165) is 5.75 Å². The van der Waals surface area contributed by atoms with Crippen molar-refractivity contribution in [2.45, 2.75) is 18.4 Å². The quantitative estimate of drug-likeness (QED) is 0.161. The van der Waals surface area contributed by atoms with E-state index in [1.54, 1.807) is 50.2 Å². The molecule has 0 heterocycles. The van der Waals surface area contributed by atoms with Crippen LogP contribution in [0.3, 0.4) is 0 Å². The van der Waals surface area contributed by atoms with E-state index in [2.05, 4.69) is 52.3 Å². The van der Waals surface area contributed by atoms with E-state index in [9.17, 15) is 4.79 Å². The third-order valence-corrected chi connectivity index (χ3v) is 4.99. The molecule has 0 aromatic heterocycles. The van der Waals surface area contributed by atoms with E-state index in [1.165, 1.54) is 16.0 Å². The molecule has 0 aliphatic rings. The normalized spacial score (nSPS) is 10.7. The monoisotopic (exact) mass is 528 g/mol. The number of ether oxygens (including phenoxy) is 1. The summed E-state index contributed by atoms with van der Waals surface area (Å²) in [7, 11) is 3.33. The van der Waals surface area contributed by atoms with E-state index < -0.39 is 0 Å². The van der Waals surface area contributed by atoms with Gasteiger partial charge in [0.1, 0.15) is 5.75 Å². The number of thioether (sulfide) groups is 1. The molecule has 2 rings (SSSR count). The third-order valence-electron chi connectivity index (χ3n) is 4.17. The van der Waals surface area contributed by atoms with Crippen molar-refractivity contribution in [3.63, 3.8) is 0 Å². The predicted molar refractivity (Wildman–Crippen MR) is 132 cm³/mol. The van der Waals surface area contributed by atoms with Crippen molar-refractivity contribution in [1.29, 1.82) is 0 Å². The van der Waals surface area contributed by atoms with E-state index in [4.69, 9.17) is 4.74 Å². The highest BCUT2D eigenvalue weighted by atomic mass is 127. The molecule has 0 aliphatic heterocycles. The number of nitrogens with one attached hydrogen (secondary N) is 3. The summed E-state index contributed by atoms with van der Waals surface area (Å²) in [6.45, 7) is 3.85. The summed E-state index contributed by atoms with van der Waals surface area (Å²) in [4.78, 5) is 17.6. The number of benzene rings is 2. The van der Waals surface area contributed by atoms with Gasteiger partial charge in [0.15, 0.2) is 5.96 Å². The second kappa shape index (κ2) is 13.3. The molecule has 0 unspecified atom stereocenters. The third kappa shape index (κ3) is 8.14. The molecular weight excluding hydrogens is 499 g/mol. The van der Waals surface area contributed by atoms with Crippen molar-refractivity contribution in [3.05, 3.63) is 59.2 Å². The lowest BCUT2D eigenvalue weighted by molar-refractivity contribution is 0.0954. The Morgan fingerprint density at radius 3 is 2.38 bits per heavy atom. The van der Waals surface area contributed by atoms with Crippen LogP contribution in [0.15, 0.2) is 52.4 Å². The maximum Gasteiger partial charge on any atom is 0.251 e. The van der Waals surface area contributed by atoms with Crippen LogP contribution in [0.2, 0.25) is 0 Å². The van der Waals surface area contributed by atoms with Crippen LogP contribution in [0.4, 0.5) is 0 Å². The molecule has 0 bridgehead atoms. The van der Waals surface area contributed by atoms with Gasteiger partial charge in [-0.3, -0.25) is 9.79 Å². The maximum atomic E-state index is 12.1. The lowest BCUT2D eigenvalue weighted by atomic mass is 10.1. The highest BCUT2D eigenvalue weighted by molar-refractivity contribution is 14.0. The average molecular weight is 528 g/mol. The van der Waals surface area contributed by atoms with Gasteiger partial charge in [-0.2, -0.15) is 0 Å². The number of hydrogen-bond acceptors (Lipinski definition) is 4. The number of aliphatic imine (C=N–C) groups is 1. The van der Waals surface area contributed by atoms with Crippen molar-refractivity contribution in [1.82, 2.24) is 16.0 Å². The molecule has 0 atom stereocenters. The highest BCUT2D eigenvalue weighted by Crippen LogP contribution is 2.21. The summed E-state index contributed by atoms with van der Waals surface area (Å²) < 4.78 is 5.10. The van der Waals surface area contributed by atoms with Gasteiger partial charge in [-0.1, -0.05) is 12.1 Å². The molecule has 2 aromatic rings. The average Bonchev–Trinajstić information content (AvgIpc) is 2.73. The molecule has 3 N–H and O–H groups in total. The standard InChI is InChI=1S/C21H28N4O2S.HI/c1-15-5-6-17(19(13-15)28-4)14-25-21(22-2)24-12-11-23-20(26)16-7-9-18(27-3)10-8-16;/h5-10,13H,11-12,14H2,1-4H3,(H,23,26)(H2,22,24,25);1H. The number of carbonyl (C=O) groups is 1. The number of carbonyl (C=O) groups excluding carboxylic acids is 1. The molecule has 158 valence electrons. The van der Waals surface area contributed by atoms with Gasteiger partial charge in [0, 0.05) is 37.1 Å². The van der Waals surface area contributed by atoms with Crippen molar-refractivity contribution < 1.29 is 9.53 Å². The number of aryl methyl sites for hydroxylation is 1. The van der Waals surface area contributed by atoms with Gasteiger partial charge < -0.3 is 20.7 Å². The molecule has 0 fully saturated rings. The summed E-state index contributed by atoms with van der Waals surface area (Å²) in [5.41, 5.74) is 3.09. The van der Waals surface area contributed by atoms with Gasteiger partial charge in [0.2, 0.25) is 0 Å². The van der Waals surface area contributed by atoms with Crippen molar-refractivity contribution in [3.8, 4) is 5.75 Å². The fourth-order valence-corrected chi connectivity index (χ4v) is 3.30. The van der Waals surface area contributed by atoms with E-state index in [1.807, 2.05) is 0 Å². The zero-order valence-corrected chi connectivity index (χ0v) is 20.4. The Labute approximate surface area is 194 Å². The number of rotatable bonds is 8. The van der Waals surface area contributed by atoms with Crippen molar-refractivity contribution >= 4 is 47.6 Å². The summed E-state index contributed by atoms with van der Waals surface area (Å²) in [6, 6.07) is 13.5. The Balaban J connectivity index is 0.00000420. The summed E-state index contributed by atoms with van der Waals surface area (Å²) >= 11 is 1.74. The predicted octanol–water partition coefficient (Wildman–Crippen LogP) is 3.44. The van der Waals surface area contributed by atoms with E-state index >= 15 is 0 Å². The minimum atomic E-state index is -0.114. The maximum absolute atomic E-state index is 12.1. The number of hydrogen-bond donors (Lipinski definition) is 3. The summed E-state index contributed by atoms with van der Waals surface area (Å²) in [6.07, 6.45) is 2.08. The Hall–Kier alpha value is -1.94. The van der Waals surface area contributed by atoms with Crippen LogP contribution in [-0.4, -0.2) is 45.4 Å². The topological polar surface area (TPSA) is 74.8 Å². The molecule has 0 saturated heterocycles. The minimum Gasteiger partial charge on any atom is -0.497 e. The van der Waals surface area contributed by atoms with E-state index in [0.29, 0.717) is 31.2 Å². The van der Waals surface area contributed by atoms with Crippen LogP contribution >= 0.6 is 35.7 Å².